The predicted molar refractivity (Wildman–Crippen MR) is 81.0 cm³/mol. The van der Waals surface area contributed by atoms with E-state index in [1.54, 1.807) is 24.4 Å². The van der Waals surface area contributed by atoms with Crippen LogP contribution in [0, 0.1) is 0 Å². The van der Waals surface area contributed by atoms with E-state index in [-0.39, 0.29) is 5.91 Å². The molecule has 0 unspecified atom stereocenters. The molecule has 1 amide bonds. The second kappa shape index (κ2) is 6.91. The van der Waals surface area contributed by atoms with Crippen LogP contribution in [0.5, 0.6) is 0 Å². The van der Waals surface area contributed by atoms with E-state index in [9.17, 15) is 4.79 Å². The van der Waals surface area contributed by atoms with Crippen molar-refractivity contribution in [2.75, 3.05) is 11.9 Å². The van der Waals surface area contributed by atoms with E-state index in [2.05, 4.69) is 15.6 Å². The number of anilines is 1. The van der Waals surface area contributed by atoms with Crippen molar-refractivity contribution in [1.29, 1.82) is 0 Å². The average Bonchev–Trinajstić information content (AvgIpc) is 2.47. The standard InChI is InChI=1S/C15H16ClN3O/c1-2-17-14-9-11(7-8-18-14)15(20)19-10-12-5-3-4-6-13(12)16/h3-9H,2,10H2,1H3,(H,17,18)(H,19,20). The van der Waals surface area contributed by atoms with Crippen LogP contribution in [0.3, 0.4) is 0 Å². The molecule has 2 rings (SSSR count). The first kappa shape index (κ1) is 14.3. The lowest BCUT2D eigenvalue weighted by atomic mass is 10.2. The highest BCUT2D eigenvalue weighted by Gasteiger charge is 2.07. The van der Waals surface area contributed by atoms with Gasteiger partial charge >= 0.3 is 0 Å². The van der Waals surface area contributed by atoms with Crippen molar-refractivity contribution in [1.82, 2.24) is 10.3 Å². The molecule has 104 valence electrons. The number of carbonyl (C=O) groups is 1. The number of nitrogens with zero attached hydrogens (tertiary/aromatic N) is 1. The lowest BCUT2D eigenvalue weighted by molar-refractivity contribution is 0.0951. The van der Waals surface area contributed by atoms with E-state index in [0.29, 0.717) is 22.9 Å². The Balaban J connectivity index is 2.01. The second-order valence-corrected chi connectivity index (χ2v) is 4.64. The average molecular weight is 290 g/mol. The van der Waals surface area contributed by atoms with Gasteiger partial charge in [-0.2, -0.15) is 0 Å². The molecule has 1 heterocycles. The van der Waals surface area contributed by atoms with E-state index < -0.39 is 0 Å². The van der Waals surface area contributed by atoms with Gasteiger partial charge in [-0.15, -0.1) is 0 Å². The summed E-state index contributed by atoms with van der Waals surface area (Å²) in [6.07, 6.45) is 1.61. The molecule has 0 atom stereocenters. The maximum atomic E-state index is 12.1. The molecule has 2 aromatic rings. The van der Waals surface area contributed by atoms with Crippen LogP contribution < -0.4 is 10.6 Å². The molecule has 0 fully saturated rings. The largest absolute Gasteiger partial charge is 0.370 e. The fourth-order valence-corrected chi connectivity index (χ4v) is 1.97. The molecule has 0 aliphatic carbocycles. The number of pyridine rings is 1. The van der Waals surface area contributed by atoms with Crippen molar-refractivity contribution in [2.24, 2.45) is 0 Å². The first-order chi connectivity index (χ1) is 9.70. The molecule has 1 aromatic heterocycles. The minimum Gasteiger partial charge on any atom is -0.370 e. The molecule has 1 aromatic carbocycles. The van der Waals surface area contributed by atoms with E-state index in [4.69, 9.17) is 11.6 Å². The van der Waals surface area contributed by atoms with Crippen LogP contribution in [0.15, 0.2) is 42.6 Å². The van der Waals surface area contributed by atoms with Gasteiger partial charge < -0.3 is 10.6 Å². The molecule has 0 saturated carbocycles. The van der Waals surface area contributed by atoms with Crippen molar-refractivity contribution in [3.05, 3.63) is 58.7 Å². The van der Waals surface area contributed by atoms with Gasteiger partial charge in [0.05, 0.1) is 0 Å². The number of rotatable bonds is 5. The molecule has 0 spiro atoms. The molecule has 0 aliphatic heterocycles. The van der Waals surface area contributed by atoms with Crippen molar-refractivity contribution in [2.45, 2.75) is 13.5 Å². The minimum atomic E-state index is -0.147. The van der Waals surface area contributed by atoms with E-state index in [1.165, 1.54) is 0 Å². The van der Waals surface area contributed by atoms with Crippen LogP contribution in [-0.2, 0) is 6.54 Å². The molecule has 0 saturated heterocycles. The highest BCUT2D eigenvalue weighted by molar-refractivity contribution is 6.31. The van der Waals surface area contributed by atoms with Gasteiger partial charge in [0.15, 0.2) is 0 Å². The Labute approximate surface area is 123 Å². The third kappa shape index (κ3) is 3.71. The smallest absolute Gasteiger partial charge is 0.251 e. The van der Waals surface area contributed by atoms with Crippen LogP contribution in [0.25, 0.3) is 0 Å². The Hall–Kier alpha value is -2.07. The maximum Gasteiger partial charge on any atom is 0.251 e. The topological polar surface area (TPSA) is 54.0 Å². The fraction of sp³-hybridized carbons (Fsp3) is 0.200. The van der Waals surface area contributed by atoms with Crippen molar-refractivity contribution in [3.63, 3.8) is 0 Å². The molecular weight excluding hydrogens is 274 g/mol. The number of aromatic nitrogens is 1. The summed E-state index contributed by atoms with van der Waals surface area (Å²) >= 11 is 6.05. The van der Waals surface area contributed by atoms with Gasteiger partial charge in [0.2, 0.25) is 0 Å². The Morgan fingerprint density at radius 2 is 2.10 bits per heavy atom. The van der Waals surface area contributed by atoms with Crippen molar-refractivity contribution in [3.8, 4) is 0 Å². The molecule has 5 heteroatoms. The summed E-state index contributed by atoms with van der Waals surface area (Å²) in [7, 11) is 0. The molecule has 0 aliphatic rings. The summed E-state index contributed by atoms with van der Waals surface area (Å²) < 4.78 is 0. The zero-order chi connectivity index (χ0) is 14.4. The first-order valence-corrected chi connectivity index (χ1v) is 6.80. The van der Waals surface area contributed by atoms with Gasteiger partial charge in [0.1, 0.15) is 5.82 Å². The van der Waals surface area contributed by atoms with E-state index in [1.807, 2.05) is 25.1 Å². The number of hydrogen-bond acceptors (Lipinski definition) is 3. The quantitative estimate of drug-likeness (QED) is 0.889. The van der Waals surface area contributed by atoms with Crippen molar-refractivity contribution < 1.29 is 4.79 Å². The van der Waals surface area contributed by atoms with Crippen LogP contribution in [0.4, 0.5) is 5.82 Å². The summed E-state index contributed by atoms with van der Waals surface area (Å²) in [4.78, 5) is 16.2. The summed E-state index contributed by atoms with van der Waals surface area (Å²) in [6.45, 7) is 3.14. The summed E-state index contributed by atoms with van der Waals surface area (Å²) in [5, 5.41) is 6.57. The monoisotopic (exact) mass is 289 g/mol. The molecular formula is C15H16ClN3O. The third-order valence-corrected chi connectivity index (χ3v) is 3.15. The molecule has 0 radical (unpaired) electrons. The lowest BCUT2D eigenvalue weighted by Crippen LogP contribution is -2.23. The SMILES string of the molecule is CCNc1cc(C(=O)NCc2ccccc2Cl)ccn1. The highest BCUT2D eigenvalue weighted by atomic mass is 35.5. The Morgan fingerprint density at radius 1 is 1.30 bits per heavy atom. The number of halogens is 1. The number of amides is 1. The zero-order valence-corrected chi connectivity index (χ0v) is 11.9. The van der Waals surface area contributed by atoms with Crippen LogP contribution in [-0.4, -0.2) is 17.4 Å². The Bertz CT molecular complexity index is 601. The zero-order valence-electron chi connectivity index (χ0n) is 11.2. The first-order valence-electron chi connectivity index (χ1n) is 6.42. The van der Waals surface area contributed by atoms with Gasteiger partial charge in [0.25, 0.3) is 5.91 Å². The fourth-order valence-electron chi connectivity index (χ4n) is 1.77. The molecule has 4 nitrogen and oxygen atoms in total. The minimum absolute atomic E-state index is 0.147. The van der Waals surface area contributed by atoms with Gasteiger partial charge in [-0.3, -0.25) is 4.79 Å². The van der Waals surface area contributed by atoms with E-state index in [0.717, 1.165) is 12.1 Å². The van der Waals surface area contributed by atoms with E-state index >= 15 is 0 Å². The highest BCUT2D eigenvalue weighted by Crippen LogP contribution is 2.14. The van der Waals surface area contributed by atoms with Crippen LogP contribution in [0.1, 0.15) is 22.8 Å². The summed E-state index contributed by atoms with van der Waals surface area (Å²) in [5.74, 6) is 0.546. The maximum absolute atomic E-state index is 12.1. The summed E-state index contributed by atoms with van der Waals surface area (Å²) in [6, 6.07) is 10.9. The third-order valence-electron chi connectivity index (χ3n) is 2.78. The lowest BCUT2D eigenvalue weighted by Gasteiger charge is -2.08. The van der Waals surface area contributed by atoms with Gasteiger partial charge in [-0.25, -0.2) is 4.98 Å². The Morgan fingerprint density at radius 3 is 2.85 bits per heavy atom. The van der Waals surface area contributed by atoms with Crippen molar-refractivity contribution >= 4 is 23.3 Å². The number of carbonyl (C=O) groups excluding carboxylic acids is 1. The second-order valence-electron chi connectivity index (χ2n) is 4.23. The Kier molecular flexibility index (Phi) is 4.96. The number of hydrogen-bond donors (Lipinski definition) is 2. The number of nitrogens with one attached hydrogen (secondary N) is 2. The van der Waals surface area contributed by atoms with Gasteiger partial charge in [0, 0.05) is 29.9 Å². The number of benzene rings is 1. The van der Waals surface area contributed by atoms with Crippen LogP contribution in [0.2, 0.25) is 5.02 Å². The normalized spacial score (nSPS) is 10.1. The molecule has 0 bridgehead atoms. The van der Waals surface area contributed by atoms with Gasteiger partial charge in [-0.05, 0) is 30.7 Å². The van der Waals surface area contributed by atoms with Gasteiger partial charge in [-0.1, -0.05) is 29.8 Å². The van der Waals surface area contributed by atoms with Crippen LogP contribution >= 0.6 is 11.6 Å². The molecule has 2 N–H and O–H groups in total. The molecule has 20 heavy (non-hydrogen) atoms. The summed E-state index contributed by atoms with van der Waals surface area (Å²) in [5.41, 5.74) is 1.46. The predicted octanol–water partition coefficient (Wildman–Crippen LogP) is 3.10.